The van der Waals surface area contributed by atoms with Crippen LogP contribution in [0.4, 0.5) is 0 Å². The maximum Gasteiger partial charge on any atom is 0.237 e. The van der Waals surface area contributed by atoms with Crippen molar-refractivity contribution in [1.29, 1.82) is 0 Å². The molecule has 1 aromatic heterocycles. The minimum absolute atomic E-state index is 0.250. The Kier molecular flexibility index (Phi) is 1.86. The molecule has 0 atom stereocenters. The maximum absolute atomic E-state index is 11.1. The van der Waals surface area contributed by atoms with Crippen molar-refractivity contribution in [2.24, 2.45) is 5.73 Å². The number of carbonyl (C=O) groups excluding carboxylic acids is 1. The molecule has 1 aliphatic rings. The molecule has 2 N–H and O–H groups in total. The summed E-state index contributed by atoms with van der Waals surface area (Å²) in [5.41, 5.74) is 8.81. The highest BCUT2D eigenvalue weighted by molar-refractivity contribution is 5.91. The predicted molar refractivity (Wildman–Crippen MR) is 63.9 cm³/mol. The van der Waals surface area contributed by atoms with Crippen molar-refractivity contribution in [3.63, 3.8) is 0 Å². The van der Waals surface area contributed by atoms with E-state index < -0.39 is 0 Å². The standard InChI is InChI=1S/C13H12N2O/c14-13(16)8-15-11-6-2-1-4-9(11)10-5-3-7-12(10)15/h1-4,6-7H,5,8H2,(H2,14,16). The number of hydrogen-bond donors (Lipinski definition) is 1. The molecule has 3 heteroatoms. The molecule has 3 nitrogen and oxygen atoms in total. The Morgan fingerprint density at radius 1 is 1.38 bits per heavy atom. The third-order valence-corrected chi connectivity index (χ3v) is 3.03. The molecule has 16 heavy (non-hydrogen) atoms. The summed E-state index contributed by atoms with van der Waals surface area (Å²) < 4.78 is 2.00. The number of nitrogens with two attached hydrogens (primary N) is 1. The van der Waals surface area contributed by atoms with Gasteiger partial charge in [0.2, 0.25) is 5.91 Å². The molecule has 1 aromatic carbocycles. The van der Waals surface area contributed by atoms with Crippen LogP contribution in [0, 0.1) is 0 Å². The van der Waals surface area contributed by atoms with Gasteiger partial charge in [0.25, 0.3) is 0 Å². The number of fused-ring (bicyclic) bond motifs is 3. The molecule has 0 bridgehead atoms. The average molecular weight is 212 g/mol. The van der Waals surface area contributed by atoms with Crippen LogP contribution in [-0.2, 0) is 17.8 Å². The van der Waals surface area contributed by atoms with Crippen LogP contribution in [0.1, 0.15) is 11.3 Å². The summed E-state index contributed by atoms with van der Waals surface area (Å²) in [6, 6.07) is 8.14. The van der Waals surface area contributed by atoms with Crippen molar-refractivity contribution in [3.8, 4) is 0 Å². The quantitative estimate of drug-likeness (QED) is 0.809. The van der Waals surface area contributed by atoms with Gasteiger partial charge in [0.1, 0.15) is 6.54 Å². The summed E-state index contributed by atoms with van der Waals surface area (Å²) >= 11 is 0. The Bertz CT molecular complexity index is 608. The molecule has 0 spiro atoms. The smallest absolute Gasteiger partial charge is 0.237 e. The van der Waals surface area contributed by atoms with Gasteiger partial charge in [-0.3, -0.25) is 4.79 Å². The number of para-hydroxylation sites is 1. The topological polar surface area (TPSA) is 48.0 Å². The molecule has 0 saturated carbocycles. The van der Waals surface area contributed by atoms with E-state index in [0.29, 0.717) is 0 Å². The van der Waals surface area contributed by atoms with E-state index in [4.69, 9.17) is 5.73 Å². The number of aromatic nitrogens is 1. The lowest BCUT2D eigenvalue weighted by atomic mass is 10.1. The highest BCUT2D eigenvalue weighted by atomic mass is 16.1. The van der Waals surface area contributed by atoms with Gasteiger partial charge in [-0.2, -0.15) is 0 Å². The number of amides is 1. The Labute approximate surface area is 93.2 Å². The fourth-order valence-corrected chi connectivity index (χ4v) is 2.41. The van der Waals surface area contributed by atoms with E-state index in [0.717, 1.165) is 17.6 Å². The fourth-order valence-electron chi connectivity index (χ4n) is 2.41. The summed E-state index contributed by atoms with van der Waals surface area (Å²) in [7, 11) is 0. The Hall–Kier alpha value is -2.03. The third-order valence-electron chi connectivity index (χ3n) is 3.03. The molecular weight excluding hydrogens is 200 g/mol. The van der Waals surface area contributed by atoms with Crippen molar-refractivity contribution in [3.05, 3.63) is 41.6 Å². The summed E-state index contributed by atoms with van der Waals surface area (Å²) in [5, 5.41) is 1.23. The zero-order chi connectivity index (χ0) is 11.1. The normalized spacial score (nSPS) is 13.2. The number of nitrogens with zero attached hydrogens (tertiary/aromatic N) is 1. The molecule has 80 valence electrons. The number of carbonyl (C=O) groups is 1. The third kappa shape index (κ3) is 1.18. The molecule has 1 amide bonds. The number of hydrogen-bond acceptors (Lipinski definition) is 1. The second kappa shape index (κ2) is 3.23. The lowest BCUT2D eigenvalue weighted by Crippen LogP contribution is -2.19. The Morgan fingerprint density at radius 3 is 3.00 bits per heavy atom. The summed E-state index contributed by atoms with van der Waals surface area (Å²) in [6.07, 6.45) is 5.13. The van der Waals surface area contributed by atoms with E-state index >= 15 is 0 Å². The number of primary amides is 1. The van der Waals surface area contributed by atoms with Crippen molar-refractivity contribution < 1.29 is 4.79 Å². The molecule has 0 saturated heterocycles. The van der Waals surface area contributed by atoms with Crippen molar-refractivity contribution >= 4 is 22.9 Å². The van der Waals surface area contributed by atoms with Gasteiger partial charge in [0.15, 0.2) is 0 Å². The first-order valence-corrected chi connectivity index (χ1v) is 5.32. The van der Waals surface area contributed by atoms with Gasteiger partial charge in [-0.1, -0.05) is 24.3 Å². The Morgan fingerprint density at radius 2 is 2.19 bits per heavy atom. The number of rotatable bonds is 2. The first-order valence-electron chi connectivity index (χ1n) is 5.32. The van der Waals surface area contributed by atoms with Gasteiger partial charge in [-0.05, 0) is 24.1 Å². The zero-order valence-electron chi connectivity index (χ0n) is 8.81. The first kappa shape index (κ1) is 9.21. The van der Waals surface area contributed by atoms with Crippen LogP contribution >= 0.6 is 0 Å². The highest BCUT2D eigenvalue weighted by Crippen LogP contribution is 2.31. The predicted octanol–water partition coefficient (Wildman–Crippen LogP) is 1.70. The molecule has 0 aliphatic heterocycles. The van der Waals surface area contributed by atoms with Crippen LogP contribution in [-0.4, -0.2) is 10.5 Å². The molecule has 0 unspecified atom stereocenters. The molecule has 2 aromatic rings. The molecule has 1 aliphatic carbocycles. The summed E-state index contributed by atoms with van der Waals surface area (Å²) in [4.78, 5) is 11.1. The minimum Gasteiger partial charge on any atom is -0.368 e. The second-order valence-electron chi connectivity index (χ2n) is 4.04. The molecule has 3 rings (SSSR count). The van der Waals surface area contributed by atoms with Crippen LogP contribution in [0.5, 0.6) is 0 Å². The Balaban J connectivity index is 2.32. The van der Waals surface area contributed by atoms with E-state index in [9.17, 15) is 4.79 Å². The van der Waals surface area contributed by atoms with Crippen LogP contribution in [0.15, 0.2) is 30.3 Å². The van der Waals surface area contributed by atoms with Crippen molar-refractivity contribution in [2.45, 2.75) is 13.0 Å². The van der Waals surface area contributed by atoms with Crippen molar-refractivity contribution in [2.75, 3.05) is 0 Å². The highest BCUT2D eigenvalue weighted by Gasteiger charge is 2.17. The lowest BCUT2D eigenvalue weighted by molar-refractivity contribution is -0.118. The van der Waals surface area contributed by atoms with Crippen LogP contribution in [0.3, 0.4) is 0 Å². The molecule has 0 radical (unpaired) electrons. The van der Waals surface area contributed by atoms with Gasteiger partial charge in [0, 0.05) is 16.6 Å². The van der Waals surface area contributed by atoms with Crippen LogP contribution in [0.2, 0.25) is 0 Å². The van der Waals surface area contributed by atoms with E-state index in [1.165, 1.54) is 10.9 Å². The van der Waals surface area contributed by atoms with E-state index in [1.54, 1.807) is 0 Å². The number of allylic oxidation sites excluding steroid dienone is 1. The van der Waals surface area contributed by atoms with Crippen molar-refractivity contribution in [1.82, 2.24) is 4.57 Å². The number of benzene rings is 1. The van der Waals surface area contributed by atoms with E-state index in [2.05, 4.69) is 18.2 Å². The fraction of sp³-hybridized carbons (Fsp3) is 0.154. The summed E-state index contributed by atoms with van der Waals surface area (Å²) in [6.45, 7) is 0.250. The minimum atomic E-state index is -0.302. The van der Waals surface area contributed by atoms with E-state index in [1.807, 2.05) is 22.8 Å². The average Bonchev–Trinajstić information content (AvgIpc) is 2.82. The van der Waals surface area contributed by atoms with Gasteiger partial charge < -0.3 is 10.3 Å². The van der Waals surface area contributed by atoms with Gasteiger partial charge >= 0.3 is 0 Å². The zero-order valence-corrected chi connectivity index (χ0v) is 8.81. The lowest BCUT2D eigenvalue weighted by Gasteiger charge is -2.04. The SMILES string of the molecule is NC(=O)Cn1c2c(c3ccccc31)CC=C2. The maximum atomic E-state index is 11.1. The van der Waals surface area contributed by atoms with Gasteiger partial charge in [0.05, 0.1) is 0 Å². The summed E-state index contributed by atoms with van der Waals surface area (Å²) in [5.74, 6) is -0.302. The molecule has 1 heterocycles. The van der Waals surface area contributed by atoms with Gasteiger partial charge in [-0.15, -0.1) is 0 Å². The second-order valence-corrected chi connectivity index (χ2v) is 4.04. The first-order chi connectivity index (χ1) is 7.77. The largest absolute Gasteiger partial charge is 0.368 e. The monoisotopic (exact) mass is 212 g/mol. The van der Waals surface area contributed by atoms with E-state index in [-0.39, 0.29) is 12.5 Å². The molecule has 0 fully saturated rings. The van der Waals surface area contributed by atoms with Crippen LogP contribution in [0.25, 0.3) is 17.0 Å². The molecular formula is C13H12N2O. The van der Waals surface area contributed by atoms with Crippen LogP contribution < -0.4 is 5.73 Å². The van der Waals surface area contributed by atoms with Gasteiger partial charge in [-0.25, -0.2) is 0 Å².